The molecular weight excluding hydrogens is 502 g/mol. The van der Waals surface area contributed by atoms with Crippen LogP contribution >= 0.6 is 0 Å². The first-order chi connectivity index (χ1) is 18.1. The van der Waals surface area contributed by atoms with Gasteiger partial charge in [-0.25, -0.2) is 0 Å². The zero-order valence-corrected chi connectivity index (χ0v) is 22.1. The maximum Gasteiger partial charge on any atom is 0.185 e. The molecule has 1 aliphatic carbocycles. The Kier molecular flexibility index (Phi) is 11.7. The Balaban J connectivity index is 1.83. The number of ether oxygens (including phenoxy) is 3. The third kappa shape index (κ3) is 7.20. The van der Waals surface area contributed by atoms with Gasteiger partial charge in [-0.2, -0.15) is 0 Å². The number of aliphatic hydroxyl groups excluding tert-OH is 5. The van der Waals surface area contributed by atoms with E-state index >= 15 is 0 Å². The van der Waals surface area contributed by atoms with E-state index in [1.54, 1.807) is 7.05 Å². The molecule has 0 amide bonds. The highest BCUT2D eigenvalue weighted by atomic mass is 16.7. The molecule has 0 spiro atoms. The normalized spacial score (nSPS) is 42.1. The first-order valence-electron chi connectivity index (χ1n) is 13.3. The van der Waals surface area contributed by atoms with E-state index in [1.807, 2.05) is 6.08 Å². The van der Waals surface area contributed by atoms with Crippen LogP contribution in [0.25, 0.3) is 0 Å². The van der Waals surface area contributed by atoms with Gasteiger partial charge in [0.2, 0.25) is 0 Å². The van der Waals surface area contributed by atoms with Gasteiger partial charge >= 0.3 is 0 Å². The fraction of sp³-hybridized carbons (Fsp3) is 0.917. The highest BCUT2D eigenvalue weighted by Gasteiger charge is 2.53. The van der Waals surface area contributed by atoms with Crippen LogP contribution in [-0.2, 0) is 14.2 Å². The molecule has 3 aliphatic rings. The van der Waals surface area contributed by atoms with Crippen molar-refractivity contribution in [3.8, 4) is 0 Å². The van der Waals surface area contributed by atoms with Crippen molar-refractivity contribution in [3.05, 3.63) is 11.8 Å². The second kappa shape index (κ2) is 14.1. The fourth-order valence-electron chi connectivity index (χ4n) is 5.74. The second-order valence-electron chi connectivity index (χ2n) is 10.7. The average Bonchev–Trinajstić information content (AvgIpc) is 2.87. The van der Waals surface area contributed by atoms with E-state index in [2.05, 4.69) is 16.0 Å². The third-order valence-electron chi connectivity index (χ3n) is 7.77. The van der Waals surface area contributed by atoms with E-state index in [0.717, 1.165) is 0 Å². The molecule has 13 N–H and O–H groups in total. The highest BCUT2D eigenvalue weighted by molar-refractivity contribution is 5.10. The van der Waals surface area contributed by atoms with Crippen molar-refractivity contribution in [2.75, 3.05) is 46.6 Å². The van der Waals surface area contributed by atoms with Gasteiger partial charge in [0.25, 0.3) is 0 Å². The predicted octanol–water partition coefficient (Wildman–Crippen LogP) is -4.97. The molecule has 11 unspecified atom stereocenters. The average molecular weight is 550 g/mol. The SMILES string of the molecule is CNC1C(O)C(OC2C(NC(CO)CO)CC(N)C(C3OC(CNCCO)=CCC3N)C2O)OCC1(C)O. The van der Waals surface area contributed by atoms with Gasteiger partial charge in [-0.15, -0.1) is 0 Å². The Morgan fingerprint density at radius 3 is 2.50 bits per heavy atom. The predicted molar refractivity (Wildman–Crippen MR) is 137 cm³/mol. The highest BCUT2D eigenvalue weighted by Crippen LogP contribution is 2.36. The standard InChI is InChI=1S/C24H47N5O9/c1-24(35)11-36-23(19(34)22(24)27-2)38-21-16(29-12(9-31)10-32)7-15(26)17(18(21)33)20-14(25)4-3-13(37-20)8-28-5-6-30/h3,12,14-23,27-35H,4-11,25-26H2,1-2H3. The summed E-state index contributed by atoms with van der Waals surface area (Å²) in [7, 11) is 1.61. The molecule has 222 valence electrons. The molecule has 14 nitrogen and oxygen atoms in total. The number of hydrogen-bond acceptors (Lipinski definition) is 14. The summed E-state index contributed by atoms with van der Waals surface area (Å²) >= 11 is 0. The van der Waals surface area contributed by atoms with Crippen LogP contribution in [0.4, 0.5) is 0 Å². The van der Waals surface area contributed by atoms with E-state index in [4.69, 9.17) is 30.8 Å². The minimum Gasteiger partial charge on any atom is -0.492 e. The molecule has 2 heterocycles. The van der Waals surface area contributed by atoms with Crippen molar-refractivity contribution >= 4 is 0 Å². The van der Waals surface area contributed by atoms with E-state index < -0.39 is 72.4 Å². The number of likely N-dealkylation sites (N-methyl/N-ethyl adjacent to an activating group) is 1. The summed E-state index contributed by atoms with van der Waals surface area (Å²) in [6.45, 7) is 1.48. The lowest BCUT2D eigenvalue weighted by molar-refractivity contribution is -0.298. The van der Waals surface area contributed by atoms with Crippen molar-refractivity contribution in [2.24, 2.45) is 17.4 Å². The molecule has 2 fully saturated rings. The van der Waals surface area contributed by atoms with E-state index in [9.17, 15) is 25.5 Å². The zero-order chi connectivity index (χ0) is 28.0. The first kappa shape index (κ1) is 31.5. The van der Waals surface area contributed by atoms with Crippen molar-refractivity contribution < 1.29 is 44.8 Å². The number of nitrogens with two attached hydrogens (primary N) is 2. The van der Waals surface area contributed by atoms with Gasteiger partial charge < -0.3 is 72.3 Å². The maximum absolute atomic E-state index is 11.7. The Morgan fingerprint density at radius 2 is 1.87 bits per heavy atom. The second-order valence-corrected chi connectivity index (χ2v) is 10.7. The third-order valence-corrected chi connectivity index (χ3v) is 7.77. The minimum absolute atomic E-state index is 0.0164. The number of nitrogens with one attached hydrogen (secondary N) is 3. The molecule has 14 heteroatoms. The molecule has 0 aromatic carbocycles. The maximum atomic E-state index is 11.7. The first-order valence-corrected chi connectivity index (χ1v) is 13.3. The molecule has 0 aromatic rings. The van der Waals surface area contributed by atoms with Crippen molar-refractivity contribution in [1.82, 2.24) is 16.0 Å². The van der Waals surface area contributed by atoms with Crippen LogP contribution in [-0.4, -0.2) is 144 Å². The summed E-state index contributed by atoms with van der Waals surface area (Å²) in [5, 5.41) is 70.6. The molecule has 0 aromatic heterocycles. The van der Waals surface area contributed by atoms with Gasteiger partial charge in [0.15, 0.2) is 6.29 Å². The lowest BCUT2D eigenvalue weighted by atomic mass is 9.72. The number of aliphatic hydroxyl groups is 6. The molecule has 0 bridgehead atoms. The van der Waals surface area contributed by atoms with Crippen LogP contribution in [0.2, 0.25) is 0 Å². The smallest absolute Gasteiger partial charge is 0.185 e. The van der Waals surface area contributed by atoms with Crippen molar-refractivity contribution in [3.63, 3.8) is 0 Å². The fourth-order valence-corrected chi connectivity index (χ4v) is 5.74. The Bertz CT molecular complexity index is 759. The Hall–Kier alpha value is -0.980. The van der Waals surface area contributed by atoms with Gasteiger partial charge in [-0.3, -0.25) is 0 Å². The van der Waals surface area contributed by atoms with E-state index in [-0.39, 0.29) is 32.8 Å². The summed E-state index contributed by atoms with van der Waals surface area (Å²) in [4.78, 5) is 0. The van der Waals surface area contributed by atoms with Gasteiger partial charge in [0.05, 0.1) is 51.2 Å². The van der Waals surface area contributed by atoms with Crippen molar-refractivity contribution in [1.29, 1.82) is 0 Å². The summed E-state index contributed by atoms with van der Waals surface area (Å²) in [5.74, 6) is -0.0201. The summed E-state index contributed by atoms with van der Waals surface area (Å²) in [6.07, 6.45) is -2.65. The monoisotopic (exact) mass is 549 g/mol. The van der Waals surface area contributed by atoms with Gasteiger partial charge in [0, 0.05) is 30.6 Å². The van der Waals surface area contributed by atoms with Crippen LogP contribution in [0.1, 0.15) is 19.8 Å². The summed E-state index contributed by atoms with van der Waals surface area (Å²) < 4.78 is 18.0. The molecule has 38 heavy (non-hydrogen) atoms. The van der Waals surface area contributed by atoms with Crippen LogP contribution in [0, 0.1) is 5.92 Å². The largest absolute Gasteiger partial charge is 0.492 e. The Labute approximate surface area is 223 Å². The molecule has 3 rings (SSSR count). The van der Waals surface area contributed by atoms with Gasteiger partial charge in [-0.05, 0) is 32.9 Å². The Morgan fingerprint density at radius 1 is 1.16 bits per heavy atom. The van der Waals surface area contributed by atoms with E-state index in [0.29, 0.717) is 25.3 Å². The molecule has 11 atom stereocenters. The molecule has 2 aliphatic heterocycles. The van der Waals surface area contributed by atoms with Crippen LogP contribution < -0.4 is 27.4 Å². The molecule has 0 radical (unpaired) electrons. The zero-order valence-electron chi connectivity index (χ0n) is 22.1. The quantitative estimate of drug-likeness (QED) is 0.102. The number of hydrogen-bond donors (Lipinski definition) is 11. The topological polar surface area (TPSA) is 237 Å². The van der Waals surface area contributed by atoms with Crippen LogP contribution in [0.5, 0.6) is 0 Å². The number of rotatable bonds is 12. The lowest BCUT2D eigenvalue weighted by Gasteiger charge is -2.51. The molecule has 1 saturated carbocycles. The van der Waals surface area contributed by atoms with E-state index in [1.165, 1.54) is 6.92 Å². The van der Waals surface area contributed by atoms with Crippen LogP contribution in [0.3, 0.4) is 0 Å². The summed E-state index contributed by atoms with van der Waals surface area (Å²) in [5.41, 5.74) is 11.6. The van der Waals surface area contributed by atoms with Crippen LogP contribution in [0.15, 0.2) is 11.8 Å². The van der Waals surface area contributed by atoms with Crippen molar-refractivity contribution in [2.45, 2.75) is 86.3 Å². The summed E-state index contributed by atoms with van der Waals surface area (Å²) in [6, 6.07) is -3.10. The van der Waals surface area contributed by atoms with Gasteiger partial charge in [-0.1, -0.05) is 0 Å². The molecule has 1 saturated heterocycles. The molecular formula is C24H47N5O9. The minimum atomic E-state index is -1.35. The lowest BCUT2D eigenvalue weighted by Crippen LogP contribution is -2.69. The van der Waals surface area contributed by atoms with Gasteiger partial charge in [0.1, 0.15) is 29.7 Å².